The van der Waals surface area contributed by atoms with Gasteiger partial charge >= 0.3 is 14.8 Å². The number of esters is 1. The highest BCUT2D eigenvalue weighted by atomic mass is 28.4. The molecule has 0 saturated carbocycles. The van der Waals surface area contributed by atoms with E-state index in [-0.39, 0.29) is 13.2 Å². The van der Waals surface area contributed by atoms with Gasteiger partial charge in [0, 0.05) is 25.8 Å². The Morgan fingerprint density at radius 3 is 2.32 bits per heavy atom. The first kappa shape index (κ1) is 18.6. The number of ether oxygens (including phenoxy) is 1. The second-order valence-electron chi connectivity index (χ2n) is 4.84. The van der Waals surface area contributed by atoms with E-state index < -0.39 is 14.8 Å². The van der Waals surface area contributed by atoms with Crippen molar-refractivity contribution >= 4 is 14.8 Å². The van der Waals surface area contributed by atoms with E-state index in [9.17, 15) is 4.79 Å². The summed E-state index contributed by atoms with van der Waals surface area (Å²) in [6.45, 7) is 5.51. The highest BCUT2D eigenvalue weighted by molar-refractivity contribution is 6.60. The third-order valence-electron chi connectivity index (χ3n) is 3.17. The topological polar surface area (TPSA) is 54.0 Å². The van der Waals surface area contributed by atoms with Crippen molar-refractivity contribution in [2.75, 3.05) is 27.4 Å². The second kappa shape index (κ2) is 9.53. The normalized spacial score (nSPS) is 11.2. The Balaban J connectivity index is 2.45. The van der Waals surface area contributed by atoms with Crippen LogP contribution in [-0.2, 0) is 29.2 Å². The van der Waals surface area contributed by atoms with Crippen LogP contribution >= 0.6 is 0 Å². The SMILES string of the molecule is C=C(C)C(=O)OCCO[Si](CCc1ccccc1)(OC)OC. The molecule has 0 fully saturated rings. The van der Waals surface area contributed by atoms with E-state index in [1.54, 1.807) is 21.1 Å². The van der Waals surface area contributed by atoms with Crippen molar-refractivity contribution in [2.24, 2.45) is 0 Å². The van der Waals surface area contributed by atoms with Gasteiger partial charge in [0.25, 0.3) is 0 Å². The third-order valence-corrected chi connectivity index (χ3v) is 5.92. The van der Waals surface area contributed by atoms with Gasteiger partial charge in [-0.1, -0.05) is 36.9 Å². The van der Waals surface area contributed by atoms with Crippen LogP contribution in [0.15, 0.2) is 42.5 Å². The average Bonchev–Trinajstić information content (AvgIpc) is 2.55. The largest absolute Gasteiger partial charge is 0.500 e. The fourth-order valence-corrected chi connectivity index (χ4v) is 3.82. The van der Waals surface area contributed by atoms with Crippen LogP contribution in [0.25, 0.3) is 0 Å². The van der Waals surface area contributed by atoms with Gasteiger partial charge in [0.2, 0.25) is 0 Å². The Morgan fingerprint density at radius 1 is 1.14 bits per heavy atom. The molecule has 122 valence electrons. The molecular formula is C16H24O5Si. The Morgan fingerprint density at radius 2 is 1.77 bits per heavy atom. The van der Waals surface area contributed by atoms with Crippen molar-refractivity contribution in [3.63, 3.8) is 0 Å². The number of rotatable bonds is 10. The van der Waals surface area contributed by atoms with Crippen molar-refractivity contribution in [1.82, 2.24) is 0 Å². The van der Waals surface area contributed by atoms with Gasteiger partial charge in [-0.05, 0) is 18.9 Å². The van der Waals surface area contributed by atoms with Crippen LogP contribution in [0.1, 0.15) is 12.5 Å². The molecule has 0 heterocycles. The van der Waals surface area contributed by atoms with E-state index in [4.69, 9.17) is 18.0 Å². The molecule has 0 bridgehead atoms. The molecule has 0 spiro atoms. The zero-order chi connectivity index (χ0) is 16.4. The quantitative estimate of drug-likeness (QED) is 0.287. The summed E-state index contributed by atoms with van der Waals surface area (Å²) in [7, 11) is 0.429. The summed E-state index contributed by atoms with van der Waals surface area (Å²) >= 11 is 0. The summed E-state index contributed by atoms with van der Waals surface area (Å²) < 4.78 is 21.8. The van der Waals surface area contributed by atoms with Gasteiger partial charge < -0.3 is 18.0 Å². The van der Waals surface area contributed by atoms with Crippen molar-refractivity contribution in [1.29, 1.82) is 0 Å². The van der Waals surface area contributed by atoms with E-state index in [2.05, 4.69) is 18.7 Å². The zero-order valence-corrected chi connectivity index (χ0v) is 14.5. The zero-order valence-electron chi connectivity index (χ0n) is 13.5. The lowest BCUT2D eigenvalue weighted by Crippen LogP contribution is -2.45. The van der Waals surface area contributed by atoms with Crippen LogP contribution in [0.2, 0.25) is 6.04 Å². The first-order chi connectivity index (χ1) is 10.5. The molecule has 1 aromatic carbocycles. The average molecular weight is 324 g/mol. The maximum Gasteiger partial charge on any atom is 0.500 e. The van der Waals surface area contributed by atoms with E-state index in [0.29, 0.717) is 11.6 Å². The number of hydrogen-bond donors (Lipinski definition) is 0. The maximum absolute atomic E-state index is 11.3. The highest BCUT2D eigenvalue weighted by Crippen LogP contribution is 2.17. The van der Waals surface area contributed by atoms with Gasteiger partial charge in [-0.3, -0.25) is 0 Å². The number of benzene rings is 1. The molecule has 0 aromatic heterocycles. The lowest BCUT2D eigenvalue weighted by Gasteiger charge is -2.26. The highest BCUT2D eigenvalue weighted by Gasteiger charge is 2.38. The smallest absolute Gasteiger partial charge is 0.460 e. The molecule has 0 aliphatic carbocycles. The summed E-state index contributed by atoms with van der Waals surface area (Å²) in [5.41, 5.74) is 1.57. The van der Waals surface area contributed by atoms with Crippen LogP contribution in [0.5, 0.6) is 0 Å². The molecule has 0 saturated heterocycles. The fourth-order valence-electron chi connectivity index (χ4n) is 1.87. The molecule has 1 aromatic rings. The molecule has 0 unspecified atom stereocenters. The summed E-state index contributed by atoms with van der Waals surface area (Å²) in [4.78, 5) is 11.3. The van der Waals surface area contributed by atoms with Crippen molar-refractivity contribution in [3.8, 4) is 0 Å². The standard InChI is InChI=1S/C16H24O5Si/c1-14(2)16(17)20-11-12-21-22(18-3,19-4)13-10-15-8-6-5-7-9-15/h5-9H,1,10-13H2,2-4H3. The molecule has 0 N–H and O–H groups in total. The van der Waals surface area contributed by atoms with Crippen molar-refractivity contribution in [3.05, 3.63) is 48.0 Å². The number of carbonyl (C=O) groups excluding carboxylic acids is 1. The molecule has 0 aliphatic heterocycles. The van der Waals surface area contributed by atoms with Gasteiger partial charge in [0.1, 0.15) is 6.61 Å². The number of carbonyl (C=O) groups is 1. The molecule has 22 heavy (non-hydrogen) atoms. The summed E-state index contributed by atoms with van der Waals surface area (Å²) in [6, 6.07) is 10.7. The molecule has 0 amide bonds. The Bertz CT molecular complexity index is 471. The molecule has 5 nitrogen and oxygen atoms in total. The first-order valence-corrected chi connectivity index (χ1v) is 9.07. The van der Waals surface area contributed by atoms with Crippen LogP contribution in [0, 0.1) is 0 Å². The molecular weight excluding hydrogens is 300 g/mol. The Hall–Kier alpha value is -1.47. The lowest BCUT2D eigenvalue weighted by atomic mass is 10.2. The summed E-state index contributed by atoms with van der Waals surface area (Å²) in [5, 5.41) is 0. The van der Waals surface area contributed by atoms with E-state index in [1.807, 2.05) is 18.2 Å². The van der Waals surface area contributed by atoms with Gasteiger partial charge in [-0.25, -0.2) is 4.79 Å². The van der Waals surface area contributed by atoms with Crippen molar-refractivity contribution < 1.29 is 22.8 Å². The second-order valence-corrected chi connectivity index (χ2v) is 7.81. The van der Waals surface area contributed by atoms with Gasteiger partial charge in [0.15, 0.2) is 0 Å². The lowest BCUT2D eigenvalue weighted by molar-refractivity contribution is -0.140. The molecule has 6 heteroatoms. The molecule has 0 atom stereocenters. The van der Waals surface area contributed by atoms with Crippen LogP contribution in [0.3, 0.4) is 0 Å². The van der Waals surface area contributed by atoms with Crippen molar-refractivity contribution in [2.45, 2.75) is 19.4 Å². The molecule has 0 aliphatic rings. The summed E-state index contributed by atoms with van der Waals surface area (Å²) in [5.74, 6) is -0.421. The van der Waals surface area contributed by atoms with Gasteiger partial charge in [0.05, 0.1) is 6.61 Å². The molecule has 1 rings (SSSR count). The fraction of sp³-hybridized carbons (Fsp3) is 0.438. The minimum Gasteiger partial charge on any atom is -0.460 e. The van der Waals surface area contributed by atoms with Gasteiger partial charge in [-0.2, -0.15) is 0 Å². The summed E-state index contributed by atoms with van der Waals surface area (Å²) in [6.07, 6.45) is 0.806. The minimum atomic E-state index is -2.74. The maximum atomic E-state index is 11.3. The third kappa shape index (κ3) is 6.11. The van der Waals surface area contributed by atoms with Crippen LogP contribution < -0.4 is 0 Å². The Labute approximate surface area is 133 Å². The minimum absolute atomic E-state index is 0.151. The van der Waals surface area contributed by atoms with Crippen LogP contribution in [-0.4, -0.2) is 42.2 Å². The van der Waals surface area contributed by atoms with E-state index in [0.717, 1.165) is 6.42 Å². The number of aryl methyl sites for hydroxylation is 1. The van der Waals surface area contributed by atoms with E-state index >= 15 is 0 Å². The monoisotopic (exact) mass is 324 g/mol. The predicted molar refractivity (Wildman–Crippen MR) is 86.5 cm³/mol. The Kier molecular flexibility index (Phi) is 8.04. The van der Waals surface area contributed by atoms with Crippen LogP contribution in [0.4, 0.5) is 0 Å². The number of hydrogen-bond acceptors (Lipinski definition) is 5. The van der Waals surface area contributed by atoms with E-state index in [1.165, 1.54) is 5.56 Å². The van der Waals surface area contributed by atoms with Gasteiger partial charge in [-0.15, -0.1) is 0 Å². The predicted octanol–water partition coefficient (Wildman–Crippen LogP) is 2.60. The first-order valence-electron chi connectivity index (χ1n) is 7.14. The molecule has 0 radical (unpaired) electrons.